The van der Waals surface area contributed by atoms with Crippen LogP contribution < -0.4 is 0 Å². The molecule has 1 aromatic heterocycles. The Morgan fingerprint density at radius 2 is 1.52 bits per heavy atom. The van der Waals surface area contributed by atoms with Gasteiger partial charge in [0.1, 0.15) is 0 Å². The van der Waals surface area contributed by atoms with Gasteiger partial charge in [0.15, 0.2) is 0 Å². The molecule has 4 heteroatoms. The third-order valence-electron chi connectivity index (χ3n) is 3.85. The predicted molar refractivity (Wildman–Crippen MR) is 92.2 cm³/mol. The van der Waals surface area contributed by atoms with Gasteiger partial charge in [0.25, 0.3) is 10.0 Å². The van der Waals surface area contributed by atoms with Gasteiger partial charge in [-0.1, -0.05) is 48.0 Å². The summed E-state index contributed by atoms with van der Waals surface area (Å²) in [4.78, 5) is 0.313. The van der Waals surface area contributed by atoms with Gasteiger partial charge in [-0.3, -0.25) is 0 Å². The molecule has 118 valence electrons. The Morgan fingerprint density at radius 1 is 0.870 bits per heavy atom. The lowest BCUT2D eigenvalue weighted by Gasteiger charge is -2.08. The number of nitrogens with zero attached hydrogens (tertiary/aromatic N) is 1. The highest BCUT2D eigenvalue weighted by molar-refractivity contribution is 7.90. The number of hydrogen-bond donors (Lipinski definition) is 0. The number of aromatic nitrogens is 1. The summed E-state index contributed by atoms with van der Waals surface area (Å²) in [7, 11) is -3.54. The Hall–Kier alpha value is -2.33. The molecular weight excluding hydrogens is 306 g/mol. The Kier molecular flexibility index (Phi) is 4.09. The minimum atomic E-state index is -3.54. The summed E-state index contributed by atoms with van der Waals surface area (Å²) >= 11 is 0. The van der Waals surface area contributed by atoms with Crippen molar-refractivity contribution in [2.75, 3.05) is 0 Å². The highest BCUT2D eigenvalue weighted by atomic mass is 32.2. The highest BCUT2D eigenvalue weighted by Crippen LogP contribution is 2.20. The van der Waals surface area contributed by atoms with Crippen LogP contribution in [-0.2, 0) is 16.4 Å². The molecule has 0 unspecified atom stereocenters. The topological polar surface area (TPSA) is 39.1 Å². The maximum Gasteiger partial charge on any atom is 0.267 e. The lowest BCUT2D eigenvalue weighted by atomic mass is 10.1. The van der Waals surface area contributed by atoms with Crippen LogP contribution >= 0.6 is 0 Å². The van der Waals surface area contributed by atoms with Crippen molar-refractivity contribution in [1.29, 1.82) is 0 Å². The molecule has 3 rings (SSSR count). The molecular formula is C19H19NO2S. The van der Waals surface area contributed by atoms with Gasteiger partial charge >= 0.3 is 0 Å². The van der Waals surface area contributed by atoms with Crippen molar-refractivity contribution in [2.45, 2.75) is 25.2 Å². The molecule has 0 aliphatic heterocycles. The zero-order chi connectivity index (χ0) is 16.4. The molecule has 2 aromatic carbocycles. The molecule has 0 aliphatic carbocycles. The second-order valence-corrected chi connectivity index (χ2v) is 7.58. The Labute approximate surface area is 137 Å². The average Bonchev–Trinajstić information content (AvgIpc) is 2.90. The molecule has 0 radical (unpaired) electrons. The molecule has 0 aliphatic rings. The fourth-order valence-electron chi connectivity index (χ4n) is 2.63. The van der Waals surface area contributed by atoms with Crippen LogP contribution in [0.5, 0.6) is 0 Å². The fourth-order valence-corrected chi connectivity index (χ4v) is 4.05. The van der Waals surface area contributed by atoms with Crippen LogP contribution in [-0.4, -0.2) is 12.4 Å². The van der Waals surface area contributed by atoms with Crippen LogP contribution in [0.4, 0.5) is 0 Å². The monoisotopic (exact) mass is 325 g/mol. The summed E-state index contributed by atoms with van der Waals surface area (Å²) in [6, 6.07) is 18.9. The first-order chi connectivity index (χ1) is 11.0. The fraction of sp³-hybridized carbons (Fsp3) is 0.158. The van der Waals surface area contributed by atoms with E-state index in [9.17, 15) is 8.42 Å². The molecule has 23 heavy (non-hydrogen) atoms. The van der Waals surface area contributed by atoms with Gasteiger partial charge in [-0.25, -0.2) is 12.4 Å². The standard InChI is InChI=1S/C19H19NO2S/c1-15-8-10-19(11-9-15)23(21,22)20-14-18(12-16(20)2)13-17-6-4-3-5-7-17/h3-12,14H,13H2,1-2H3. The minimum Gasteiger partial charge on any atom is -0.246 e. The Balaban J connectivity index is 1.95. The first kappa shape index (κ1) is 15.6. The summed E-state index contributed by atoms with van der Waals surface area (Å²) in [5, 5.41) is 0. The maximum absolute atomic E-state index is 12.8. The maximum atomic E-state index is 12.8. The van der Waals surface area contributed by atoms with E-state index in [1.165, 1.54) is 3.97 Å². The van der Waals surface area contributed by atoms with Crippen molar-refractivity contribution in [1.82, 2.24) is 3.97 Å². The highest BCUT2D eigenvalue weighted by Gasteiger charge is 2.19. The summed E-state index contributed by atoms with van der Waals surface area (Å²) in [6.45, 7) is 3.76. The van der Waals surface area contributed by atoms with Gasteiger partial charge in [0.05, 0.1) is 4.90 Å². The lowest BCUT2D eigenvalue weighted by Crippen LogP contribution is -2.13. The van der Waals surface area contributed by atoms with Gasteiger partial charge in [-0.2, -0.15) is 0 Å². The first-order valence-electron chi connectivity index (χ1n) is 7.51. The molecule has 1 heterocycles. The van der Waals surface area contributed by atoms with Gasteiger partial charge in [0, 0.05) is 11.9 Å². The number of benzene rings is 2. The molecule has 0 fully saturated rings. The number of aryl methyl sites for hydroxylation is 2. The second-order valence-electron chi connectivity index (χ2n) is 5.77. The Morgan fingerprint density at radius 3 is 2.17 bits per heavy atom. The van der Waals surface area contributed by atoms with E-state index < -0.39 is 10.0 Å². The van der Waals surface area contributed by atoms with E-state index in [4.69, 9.17) is 0 Å². The molecule has 0 saturated carbocycles. The minimum absolute atomic E-state index is 0.313. The van der Waals surface area contributed by atoms with Crippen LogP contribution in [0.25, 0.3) is 0 Å². The van der Waals surface area contributed by atoms with Crippen LogP contribution in [0, 0.1) is 13.8 Å². The van der Waals surface area contributed by atoms with Crippen LogP contribution in [0.15, 0.2) is 71.8 Å². The SMILES string of the molecule is Cc1ccc(S(=O)(=O)n2cc(Cc3ccccc3)cc2C)cc1. The molecule has 3 nitrogen and oxygen atoms in total. The molecule has 0 atom stereocenters. The normalized spacial score (nSPS) is 11.6. The van der Waals surface area contributed by atoms with Gasteiger partial charge in [-0.15, -0.1) is 0 Å². The van der Waals surface area contributed by atoms with Crippen molar-refractivity contribution in [3.8, 4) is 0 Å². The van der Waals surface area contributed by atoms with Crippen molar-refractivity contribution in [2.24, 2.45) is 0 Å². The third kappa shape index (κ3) is 3.22. The predicted octanol–water partition coefficient (Wildman–Crippen LogP) is 3.93. The van der Waals surface area contributed by atoms with E-state index >= 15 is 0 Å². The summed E-state index contributed by atoms with van der Waals surface area (Å²) < 4.78 is 27.0. The van der Waals surface area contributed by atoms with Crippen LogP contribution in [0.2, 0.25) is 0 Å². The van der Waals surface area contributed by atoms with Crippen molar-refractivity contribution >= 4 is 10.0 Å². The second kappa shape index (κ2) is 6.05. The van der Waals surface area contributed by atoms with E-state index in [2.05, 4.69) is 0 Å². The van der Waals surface area contributed by atoms with E-state index in [0.29, 0.717) is 4.90 Å². The van der Waals surface area contributed by atoms with Crippen LogP contribution in [0.3, 0.4) is 0 Å². The van der Waals surface area contributed by atoms with E-state index in [1.54, 1.807) is 18.3 Å². The first-order valence-corrected chi connectivity index (χ1v) is 8.95. The smallest absolute Gasteiger partial charge is 0.246 e. The molecule has 0 amide bonds. The molecule has 0 spiro atoms. The zero-order valence-corrected chi connectivity index (χ0v) is 14.0. The average molecular weight is 325 g/mol. The summed E-state index contributed by atoms with van der Waals surface area (Å²) in [5.74, 6) is 0. The van der Waals surface area contributed by atoms with Gasteiger partial charge in [0.2, 0.25) is 0 Å². The molecule has 0 N–H and O–H groups in total. The molecule has 0 saturated heterocycles. The Bertz CT molecular complexity index is 908. The number of hydrogen-bond acceptors (Lipinski definition) is 2. The lowest BCUT2D eigenvalue weighted by molar-refractivity contribution is 0.586. The van der Waals surface area contributed by atoms with E-state index in [0.717, 1.165) is 28.8 Å². The summed E-state index contributed by atoms with van der Waals surface area (Å²) in [5.41, 5.74) is 3.91. The van der Waals surface area contributed by atoms with Crippen LogP contribution in [0.1, 0.15) is 22.4 Å². The van der Waals surface area contributed by atoms with Gasteiger partial charge in [-0.05, 0) is 49.6 Å². The quantitative estimate of drug-likeness (QED) is 0.729. The largest absolute Gasteiger partial charge is 0.267 e. The third-order valence-corrected chi connectivity index (χ3v) is 5.63. The van der Waals surface area contributed by atoms with Gasteiger partial charge < -0.3 is 0 Å². The summed E-state index contributed by atoms with van der Waals surface area (Å²) in [6.07, 6.45) is 2.44. The van der Waals surface area contributed by atoms with Crippen molar-refractivity contribution in [3.05, 3.63) is 89.2 Å². The zero-order valence-electron chi connectivity index (χ0n) is 13.2. The molecule has 3 aromatic rings. The number of rotatable bonds is 4. The molecule has 0 bridgehead atoms. The van der Waals surface area contributed by atoms with Crippen molar-refractivity contribution in [3.63, 3.8) is 0 Å². The van der Waals surface area contributed by atoms with Crippen molar-refractivity contribution < 1.29 is 8.42 Å². The van der Waals surface area contributed by atoms with E-state index in [1.807, 2.05) is 62.4 Å². The van der Waals surface area contributed by atoms with E-state index in [-0.39, 0.29) is 0 Å².